The zero-order valence-electron chi connectivity index (χ0n) is 11.3. The van der Waals surface area contributed by atoms with Gasteiger partial charge in [0.05, 0.1) is 4.92 Å². The number of nitrogens with zero attached hydrogens (tertiary/aromatic N) is 1. The van der Waals surface area contributed by atoms with Crippen LogP contribution < -0.4 is 10.0 Å². The van der Waals surface area contributed by atoms with Gasteiger partial charge in [-0.15, -0.1) is 12.4 Å². The highest BCUT2D eigenvalue weighted by atomic mass is 35.5. The summed E-state index contributed by atoms with van der Waals surface area (Å²) in [6, 6.07) is 5.67. The number of hydrogen-bond acceptors (Lipinski definition) is 5. The molecule has 1 aliphatic rings. The standard InChI is InChI=1S/C12H17N3O4S.ClH/c16-15(17)11-5-1-2-6-12(11)20(18,19)14-9-7-10-4-3-8-13-10;/h1-2,5-6,10,13-14H,3-4,7-9H2;1H/t10-;/m1./s1. The number of benzene rings is 1. The molecular formula is C12H18ClN3O4S. The number of sulfonamides is 1. The molecule has 0 spiro atoms. The van der Waals surface area contributed by atoms with Gasteiger partial charge in [-0.25, -0.2) is 13.1 Å². The molecule has 0 radical (unpaired) electrons. The van der Waals surface area contributed by atoms with E-state index < -0.39 is 20.6 Å². The lowest BCUT2D eigenvalue weighted by molar-refractivity contribution is -0.387. The van der Waals surface area contributed by atoms with E-state index >= 15 is 0 Å². The molecule has 0 amide bonds. The van der Waals surface area contributed by atoms with Crippen LogP contribution >= 0.6 is 12.4 Å². The molecule has 2 N–H and O–H groups in total. The summed E-state index contributed by atoms with van der Waals surface area (Å²) < 4.78 is 26.6. The van der Waals surface area contributed by atoms with Crippen LogP contribution in [0.5, 0.6) is 0 Å². The van der Waals surface area contributed by atoms with Crippen molar-refractivity contribution >= 4 is 28.1 Å². The van der Waals surface area contributed by atoms with Gasteiger partial charge < -0.3 is 5.32 Å². The van der Waals surface area contributed by atoms with E-state index in [4.69, 9.17) is 0 Å². The van der Waals surface area contributed by atoms with Gasteiger partial charge in [-0.1, -0.05) is 12.1 Å². The summed E-state index contributed by atoms with van der Waals surface area (Å²) in [5, 5.41) is 14.1. The van der Waals surface area contributed by atoms with Gasteiger partial charge >= 0.3 is 0 Å². The zero-order chi connectivity index (χ0) is 14.6. The zero-order valence-corrected chi connectivity index (χ0v) is 13.0. The largest absolute Gasteiger partial charge is 0.314 e. The Kier molecular flexibility index (Phi) is 6.53. The third-order valence-electron chi connectivity index (χ3n) is 3.30. The summed E-state index contributed by atoms with van der Waals surface area (Å²) in [4.78, 5) is 9.88. The van der Waals surface area contributed by atoms with E-state index in [1.54, 1.807) is 0 Å². The smallest absolute Gasteiger partial charge is 0.289 e. The Morgan fingerprint density at radius 3 is 2.71 bits per heavy atom. The number of nitro benzene ring substituents is 1. The van der Waals surface area contributed by atoms with Crippen LogP contribution in [-0.4, -0.2) is 32.5 Å². The Morgan fingerprint density at radius 2 is 2.10 bits per heavy atom. The average Bonchev–Trinajstić information content (AvgIpc) is 2.91. The second kappa shape index (κ2) is 7.69. The molecule has 1 heterocycles. The molecule has 2 rings (SSSR count). The van der Waals surface area contributed by atoms with Crippen molar-refractivity contribution in [1.29, 1.82) is 0 Å². The van der Waals surface area contributed by atoms with Crippen molar-refractivity contribution in [3.05, 3.63) is 34.4 Å². The van der Waals surface area contributed by atoms with Gasteiger partial charge in [0, 0.05) is 18.7 Å². The quantitative estimate of drug-likeness (QED) is 0.605. The van der Waals surface area contributed by atoms with E-state index in [1.807, 2.05) is 0 Å². The number of halogens is 1. The van der Waals surface area contributed by atoms with Crippen LogP contribution in [-0.2, 0) is 10.0 Å². The molecule has 1 aliphatic heterocycles. The van der Waals surface area contributed by atoms with Crippen molar-refractivity contribution < 1.29 is 13.3 Å². The third-order valence-corrected chi connectivity index (χ3v) is 4.81. The van der Waals surface area contributed by atoms with Gasteiger partial charge in [0.25, 0.3) is 5.69 Å². The first-order valence-corrected chi connectivity index (χ1v) is 7.95. The summed E-state index contributed by atoms with van der Waals surface area (Å²) >= 11 is 0. The predicted molar refractivity (Wildman–Crippen MR) is 81.2 cm³/mol. The van der Waals surface area contributed by atoms with Crippen molar-refractivity contribution in [2.24, 2.45) is 0 Å². The molecular weight excluding hydrogens is 318 g/mol. The van der Waals surface area contributed by atoms with Crippen LogP contribution in [0.25, 0.3) is 0 Å². The summed E-state index contributed by atoms with van der Waals surface area (Å²) in [6.07, 6.45) is 2.81. The molecule has 0 bridgehead atoms. The van der Waals surface area contributed by atoms with E-state index in [0.29, 0.717) is 12.5 Å². The van der Waals surface area contributed by atoms with Crippen LogP contribution in [0.4, 0.5) is 5.69 Å². The van der Waals surface area contributed by atoms with Crippen LogP contribution in [0.3, 0.4) is 0 Å². The highest BCUT2D eigenvalue weighted by molar-refractivity contribution is 7.89. The summed E-state index contributed by atoms with van der Waals surface area (Å²) in [6.45, 7) is 1.23. The maximum absolute atomic E-state index is 12.1. The fourth-order valence-electron chi connectivity index (χ4n) is 2.28. The van der Waals surface area contributed by atoms with E-state index in [1.165, 1.54) is 24.3 Å². The second-order valence-corrected chi connectivity index (χ2v) is 6.44. The minimum atomic E-state index is -3.85. The molecule has 7 nitrogen and oxygen atoms in total. The van der Waals surface area contributed by atoms with Crippen molar-refractivity contribution in [1.82, 2.24) is 10.0 Å². The predicted octanol–water partition coefficient (Wildman–Crippen LogP) is 1.44. The number of nitro groups is 1. The Labute approximate surface area is 129 Å². The number of para-hydroxylation sites is 1. The summed E-state index contributed by atoms with van der Waals surface area (Å²) in [7, 11) is -3.85. The van der Waals surface area contributed by atoms with Crippen molar-refractivity contribution in [3.63, 3.8) is 0 Å². The van der Waals surface area contributed by atoms with Crippen molar-refractivity contribution in [3.8, 4) is 0 Å². The molecule has 1 fully saturated rings. The average molecular weight is 336 g/mol. The summed E-state index contributed by atoms with van der Waals surface area (Å²) in [5.74, 6) is 0. The molecule has 21 heavy (non-hydrogen) atoms. The lowest BCUT2D eigenvalue weighted by Crippen LogP contribution is -2.30. The molecule has 1 saturated heterocycles. The third kappa shape index (κ3) is 4.63. The Bertz CT molecular complexity index is 588. The number of nitrogens with one attached hydrogen (secondary N) is 2. The lowest BCUT2D eigenvalue weighted by Gasteiger charge is -2.11. The van der Waals surface area contributed by atoms with Crippen LogP contribution in [0.15, 0.2) is 29.2 Å². The maximum Gasteiger partial charge on any atom is 0.289 e. The number of hydrogen-bond donors (Lipinski definition) is 2. The normalized spacial score (nSPS) is 18.2. The molecule has 9 heteroatoms. The van der Waals surface area contributed by atoms with Gasteiger partial charge in [-0.2, -0.15) is 0 Å². The molecule has 0 saturated carbocycles. The van der Waals surface area contributed by atoms with Gasteiger partial charge in [-0.05, 0) is 31.9 Å². The highest BCUT2D eigenvalue weighted by Crippen LogP contribution is 2.22. The fourth-order valence-corrected chi connectivity index (χ4v) is 3.50. The first kappa shape index (κ1) is 17.8. The SMILES string of the molecule is Cl.O=[N+]([O-])c1ccccc1S(=O)(=O)NCC[C@H]1CCCN1. The van der Waals surface area contributed by atoms with Gasteiger partial charge in [0.2, 0.25) is 10.0 Å². The molecule has 0 aromatic heterocycles. The summed E-state index contributed by atoms with van der Waals surface area (Å²) in [5.41, 5.74) is -0.404. The van der Waals surface area contributed by atoms with Crippen molar-refractivity contribution in [2.45, 2.75) is 30.2 Å². The Morgan fingerprint density at radius 1 is 1.38 bits per heavy atom. The van der Waals surface area contributed by atoms with E-state index in [0.717, 1.165) is 19.4 Å². The van der Waals surface area contributed by atoms with Crippen LogP contribution in [0, 0.1) is 10.1 Å². The van der Waals surface area contributed by atoms with Gasteiger partial charge in [-0.3, -0.25) is 10.1 Å². The van der Waals surface area contributed by atoms with Crippen molar-refractivity contribution in [2.75, 3.05) is 13.1 Å². The van der Waals surface area contributed by atoms with Gasteiger partial charge in [0.15, 0.2) is 4.90 Å². The van der Waals surface area contributed by atoms with Crippen LogP contribution in [0.2, 0.25) is 0 Å². The maximum atomic E-state index is 12.1. The Balaban J connectivity index is 0.00000220. The first-order chi connectivity index (χ1) is 9.50. The molecule has 0 unspecified atom stereocenters. The van der Waals surface area contributed by atoms with E-state index in [9.17, 15) is 18.5 Å². The highest BCUT2D eigenvalue weighted by Gasteiger charge is 2.25. The fraction of sp³-hybridized carbons (Fsp3) is 0.500. The second-order valence-electron chi connectivity index (χ2n) is 4.70. The molecule has 1 aromatic rings. The molecule has 118 valence electrons. The van der Waals surface area contributed by atoms with Gasteiger partial charge in [0.1, 0.15) is 0 Å². The van der Waals surface area contributed by atoms with E-state index in [2.05, 4.69) is 10.0 Å². The minimum absolute atomic E-state index is 0. The molecule has 0 aliphatic carbocycles. The molecule has 1 aromatic carbocycles. The monoisotopic (exact) mass is 335 g/mol. The lowest BCUT2D eigenvalue weighted by atomic mass is 10.2. The minimum Gasteiger partial charge on any atom is -0.314 e. The first-order valence-electron chi connectivity index (χ1n) is 6.47. The number of rotatable bonds is 6. The molecule has 1 atom stereocenters. The van der Waals surface area contributed by atoms with E-state index in [-0.39, 0.29) is 23.8 Å². The topological polar surface area (TPSA) is 101 Å². The Hall–Kier alpha value is -1.22. The van der Waals surface area contributed by atoms with Crippen LogP contribution in [0.1, 0.15) is 19.3 Å².